The summed E-state index contributed by atoms with van der Waals surface area (Å²) in [5, 5.41) is 6.47. The lowest BCUT2D eigenvalue weighted by Crippen LogP contribution is -2.42. The van der Waals surface area contributed by atoms with Crippen LogP contribution in [-0.4, -0.2) is 50.6 Å². The Morgan fingerprint density at radius 1 is 1.17 bits per heavy atom. The summed E-state index contributed by atoms with van der Waals surface area (Å²) in [4.78, 5) is 17.7. The van der Waals surface area contributed by atoms with E-state index in [9.17, 15) is 9.18 Å². The average molecular weight is 400 g/mol. The molecule has 0 fully saturated rings. The van der Waals surface area contributed by atoms with Crippen LogP contribution in [-0.2, 0) is 6.54 Å². The van der Waals surface area contributed by atoms with E-state index in [1.165, 1.54) is 12.1 Å². The van der Waals surface area contributed by atoms with Crippen molar-refractivity contribution in [3.63, 3.8) is 0 Å². The number of carbonyl (C=O) groups is 1. The number of halogens is 1. The van der Waals surface area contributed by atoms with Crippen LogP contribution in [0.3, 0.4) is 0 Å². The number of hydrogen-bond donors (Lipinski definition) is 2. The van der Waals surface area contributed by atoms with Crippen LogP contribution in [0.4, 0.5) is 4.39 Å². The van der Waals surface area contributed by atoms with Crippen molar-refractivity contribution in [3.8, 4) is 5.75 Å². The van der Waals surface area contributed by atoms with Gasteiger partial charge in [-0.15, -0.1) is 0 Å². The molecule has 6 nitrogen and oxygen atoms in total. The van der Waals surface area contributed by atoms with Gasteiger partial charge in [0.15, 0.2) is 5.96 Å². The van der Waals surface area contributed by atoms with Crippen molar-refractivity contribution in [1.82, 2.24) is 15.5 Å². The van der Waals surface area contributed by atoms with Crippen molar-refractivity contribution in [2.24, 2.45) is 4.99 Å². The minimum atomic E-state index is -0.318. The van der Waals surface area contributed by atoms with Gasteiger partial charge in [0, 0.05) is 39.3 Å². The third-order valence-electron chi connectivity index (χ3n) is 4.34. The first-order chi connectivity index (χ1) is 13.9. The Morgan fingerprint density at radius 2 is 1.90 bits per heavy atom. The highest BCUT2D eigenvalue weighted by molar-refractivity contribution is 5.93. The summed E-state index contributed by atoms with van der Waals surface area (Å²) < 4.78 is 19.2. The number of nitrogens with one attached hydrogen (secondary N) is 2. The Labute approximate surface area is 171 Å². The molecule has 2 aromatic rings. The topological polar surface area (TPSA) is 66.0 Å². The van der Waals surface area contributed by atoms with Gasteiger partial charge in [-0.25, -0.2) is 4.39 Å². The van der Waals surface area contributed by atoms with Gasteiger partial charge in [-0.1, -0.05) is 25.1 Å². The number of amides is 1. The largest absolute Gasteiger partial charge is 0.489 e. The normalized spacial score (nSPS) is 12.2. The molecule has 0 saturated carbocycles. The van der Waals surface area contributed by atoms with E-state index in [2.05, 4.69) is 15.6 Å². The van der Waals surface area contributed by atoms with Crippen molar-refractivity contribution in [2.75, 3.05) is 27.7 Å². The Morgan fingerprint density at radius 3 is 2.48 bits per heavy atom. The maximum absolute atomic E-state index is 13.3. The zero-order valence-electron chi connectivity index (χ0n) is 17.4. The summed E-state index contributed by atoms with van der Waals surface area (Å²) in [7, 11) is 5.16. The second-order valence-corrected chi connectivity index (χ2v) is 6.81. The van der Waals surface area contributed by atoms with Gasteiger partial charge < -0.3 is 20.3 Å². The number of rotatable bonds is 8. The molecule has 1 amide bonds. The van der Waals surface area contributed by atoms with Crippen molar-refractivity contribution in [2.45, 2.75) is 26.0 Å². The number of aliphatic imine (C=N–C) groups is 1. The summed E-state index contributed by atoms with van der Waals surface area (Å²) in [6.07, 6.45) is 0.647. The van der Waals surface area contributed by atoms with E-state index < -0.39 is 0 Å². The molecular formula is C22H29FN4O2. The summed E-state index contributed by atoms with van der Waals surface area (Å²) in [6, 6.07) is 13.6. The van der Waals surface area contributed by atoms with Crippen LogP contribution in [0.2, 0.25) is 0 Å². The molecule has 0 saturated heterocycles. The first-order valence-corrected chi connectivity index (χ1v) is 9.60. The highest BCUT2D eigenvalue weighted by atomic mass is 19.1. The minimum Gasteiger partial charge on any atom is -0.489 e. The van der Waals surface area contributed by atoms with Crippen molar-refractivity contribution in [3.05, 3.63) is 65.5 Å². The standard InChI is InChI=1S/C22H29FN4O2/c1-5-19(29-20-8-6-7-18(23)13-20)15-26-22(24-2)25-14-16-9-11-17(12-10-16)21(28)27(3)4/h6-13,19H,5,14-15H2,1-4H3,(H2,24,25,26). The molecule has 1 unspecified atom stereocenters. The minimum absolute atomic E-state index is 0.0223. The summed E-state index contributed by atoms with van der Waals surface area (Å²) in [6.45, 7) is 3.11. The zero-order valence-corrected chi connectivity index (χ0v) is 17.4. The summed E-state index contributed by atoms with van der Waals surface area (Å²) in [5.74, 6) is 0.806. The van der Waals surface area contributed by atoms with E-state index in [0.29, 0.717) is 30.4 Å². The lowest BCUT2D eigenvalue weighted by atomic mass is 10.1. The lowest BCUT2D eigenvalue weighted by Gasteiger charge is -2.20. The third kappa shape index (κ3) is 7.10. The number of hydrogen-bond acceptors (Lipinski definition) is 3. The highest BCUT2D eigenvalue weighted by Crippen LogP contribution is 2.14. The fraction of sp³-hybridized carbons (Fsp3) is 0.364. The van der Waals surface area contributed by atoms with Gasteiger partial charge >= 0.3 is 0 Å². The summed E-state index contributed by atoms with van der Waals surface area (Å²) >= 11 is 0. The van der Waals surface area contributed by atoms with Crippen molar-refractivity contribution in [1.29, 1.82) is 0 Å². The Hall–Kier alpha value is -3.09. The van der Waals surface area contributed by atoms with E-state index in [-0.39, 0.29) is 17.8 Å². The molecule has 156 valence electrons. The van der Waals surface area contributed by atoms with E-state index in [1.807, 2.05) is 31.2 Å². The molecular weight excluding hydrogens is 371 g/mol. The molecule has 0 spiro atoms. The molecule has 0 aromatic heterocycles. The first kappa shape index (κ1) is 22.2. The zero-order chi connectivity index (χ0) is 21.2. The monoisotopic (exact) mass is 400 g/mol. The number of guanidine groups is 1. The maximum atomic E-state index is 13.3. The molecule has 0 radical (unpaired) electrons. The molecule has 2 N–H and O–H groups in total. The first-order valence-electron chi connectivity index (χ1n) is 9.60. The van der Waals surface area contributed by atoms with Gasteiger partial charge in [0.2, 0.25) is 0 Å². The number of benzene rings is 2. The molecule has 2 rings (SSSR count). The van der Waals surface area contributed by atoms with Crippen molar-refractivity contribution < 1.29 is 13.9 Å². The number of nitrogens with zero attached hydrogens (tertiary/aromatic N) is 2. The van der Waals surface area contributed by atoms with Crippen LogP contribution in [0.1, 0.15) is 29.3 Å². The van der Waals surface area contributed by atoms with Crippen molar-refractivity contribution >= 4 is 11.9 Å². The highest BCUT2D eigenvalue weighted by Gasteiger charge is 2.11. The molecule has 0 bridgehead atoms. The molecule has 0 heterocycles. The Kier molecular flexibility index (Phi) is 8.45. The SMILES string of the molecule is CCC(CNC(=NC)NCc1ccc(C(=O)N(C)C)cc1)Oc1cccc(F)c1. The smallest absolute Gasteiger partial charge is 0.253 e. The molecule has 29 heavy (non-hydrogen) atoms. The number of ether oxygens (including phenoxy) is 1. The van der Waals surface area contributed by atoms with Crippen LogP contribution in [0.5, 0.6) is 5.75 Å². The van der Waals surface area contributed by atoms with Gasteiger partial charge in [0.1, 0.15) is 17.7 Å². The molecule has 0 aliphatic heterocycles. The average Bonchev–Trinajstić information content (AvgIpc) is 2.72. The van der Waals surface area contributed by atoms with E-state index >= 15 is 0 Å². The molecule has 0 aliphatic carbocycles. The molecule has 7 heteroatoms. The fourth-order valence-electron chi connectivity index (χ4n) is 2.64. The van der Waals surface area contributed by atoms with Crippen LogP contribution < -0.4 is 15.4 Å². The molecule has 2 aromatic carbocycles. The van der Waals surface area contributed by atoms with Crippen LogP contribution in [0.15, 0.2) is 53.5 Å². The van der Waals surface area contributed by atoms with Gasteiger partial charge in [-0.05, 0) is 36.2 Å². The van der Waals surface area contributed by atoms with Gasteiger partial charge in [0.25, 0.3) is 5.91 Å². The molecule has 1 atom stereocenters. The van der Waals surface area contributed by atoms with Gasteiger partial charge in [-0.2, -0.15) is 0 Å². The van der Waals surface area contributed by atoms with Crippen LogP contribution in [0.25, 0.3) is 0 Å². The Bertz CT molecular complexity index is 822. The van der Waals surface area contributed by atoms with Crippen LogP contribution in [0, 0.1) is 5.82 Å². The van der Waals surface area contributed by atoms with E-state index in [0.717, 1.165) is 12.0 Å². The quantitative estimate of drug-likeness (QED) is 0.528. The molecule has 0 aliphatic rings. The fourth-order valence-corrected chi connectivity index (χ4v) is 2.64. The predicted octanol–water partition coefficient (Wildman–Crippen LogP) is 3.05. The van der Waals surface area contributed by atoms with Gasteiger partial charge in [-0.3, -0.25) is 9.79 Å². The predicted molar refractivity (Wildman–Crippen MR) is 114 cm³/mol. The van der Waals surface area contributed by atoms with E-state index in [1.54, 1.807) is 38.2 Å². The van der Waals surface area contributed by atoms with Crippen LogP contribution >= 0.6 is 0 Å². The second kappa shape index (κ2) is 11.0. The summed E-state index contributed by atoms with van der Waals surface area (Å²) in [5.41, 5.74) is 1.69. The second-order valence-electron chi connectivity index (χ2n) is 6.81. The third-order valence-corrected chi connectivity index (χ3v) is 4.34. The number of carbonyl (C=O) groups excluding carboxylic acids is 1. The maximum Gasteiger partial charge on any atom is 0.253 e. The van der Waals surface area contributed by atoms with E-state index in [4.69, 9.17) is 4.74 Å². The Balaban J connectivity index is 1.84. The van der Waals surface area contributed by atoms with Gasteiger partial charge in [0.05, 0.1) is 6.54 Å². The lowest BCUT2D eigenvalue weighted by molar-refractivity contribution is 0.0827.